The molecule has 1 N–H and O–H groups in total. The van der Waals surface area contributed by atoms with Gasteiger partial charge >= 0.3 is 0 Å². The van der Waals surface area contributed by atoms with E-state index in [0.29, 0.717) is 6.61 Å². The van der Waals surface area contributed by atoms with E-state index in [1.165, 1.54) is 5.56 Å². The second kappa shape index (κ2) is 7.63. The molecular weight excluding hydrogens is 300 g/mol. The standard InChI is InChI=1S/C12H17BrN2OS/c1-15(12(17)14-7-8-16-2)9-10-3-5-11(13)6-4-10/h3-6H,7-9H2,1-2H3,(H,14,17). The molecule has 0 saturated heterocycles. The third kappa shape index (κ3) is 5.48. The number of thiocarbonyl (C=S) groups is 1. The highest BCUT2D eigenvalue weighted by atomic mass is 79.9. The van der Waals surface area contributed by atoms with Crippen molar-refractivity contribution in [2.24, 2.45) is 0 Å². The molecule has 1 aromatic rings. The van der Waals surface area contributed by atoms with Gasteiger partial charge < -0.3 is 15.0 Å². The number of halogens is 1. The molecule has 1 aromatic carbocycles. The number of methoxy groups -OCH3 is 1. The summed E-state index contributed by atoms with van der Waals surface area (Å²) in [7, 11) is 3.65. The second-order valence-electron chi connectivity index (χ2n) is 3.71. The highest BCUT2D eigenvalue weighted by Crippen LogP contribution is 2.11. The highest BCUT2D eigenvalue weighted by Gasteiger charge is 2.04. The molecule has 0 aromatic heterocycles. The zero-order chi connectivity index (χ0) is 12.7. The van der Waals surface area contributed by atoms with Gasteiger partial charge in [-0.2, -0.15) is 0 Å². The molecule has 0 atom stereocenters. The molecule has 1 rings (SSSR count). The van der Waals surface area contributed by atoms with E-state index in [9.17, 15) is 0 Å². The molecule has 17 heavy (non-hydrogen) atoms. The van der Waals surface area contributed by atoms with Crippen LogP contribution < -0.4 is 5.32 Å². The van der Waals surface area contributed by atoms with E-state index >= 15 is 0 Å². The molecule has 3 nitrogen and oxygen atoms in total. The smallest absolute Gasteiger partial charge is 0.169 e. The minimum Gasteiger partial charge on any atom is -0.383 e. The number of ether oxygens (including phenoxy) is 1. The Balaban J connectivity index is 2.40. The Labute approximate surface area is 116 Å². The lowest BCUT2D eigenvalue weighted by atomic mass is 10.2. The van der Waals surface area contributed by atoms with Gasteiger partial charge in [0.2, 0.25) is 0 Å². The Morgan fingerprint density at radius 1 is 1.41 bits per heavy atom. The second-order valence-corrected chi connectivity index (χ2v) is 5.01. The third-order valence-corrected chi connectivity index (χ3v) is 3.25. The first-order valence-corrected chi connectivity index (χ1v) is 6.56. The molecule has 0 unspecified atom stereocenters. The van der Waals surface area contributed by atoms with Crippen molar-refractivity contribution in [3.8, 4) is 0 Å². The quantitative estimate of drug-likeness (QED) is 0.666. The Bertz CT molecular complexity index is 356. The lowest BCUT2D eigenvalue weighted by Crippen LogP contribution is -2.38. The summed E-state index contributed by atoms with van der Waals surface area (Å²) < 4.78 is 6.05. The van der Waals surface area contributed by atoms with Crippen LogP contribution in [0.4, 0.5) is 0 Å². The fraction of sp³-hybridized carbons (Fsp3) is 0.417. The van der Waals surface area contributed by atoms with E-state index < -0.39 is 0 Å². The van der Waals surface area contributed by atoms with Crippen LogP contribution in [0.5, 0.6) is 0 Å². The summed E-state index contributed by atoms with van der Waals surface area (Å²) >= 11 is 8.68. The topological polar surface area (TPSA) is 24.5 Å². The summed E-state index contributed by atoms with van der Waals surface area (Å²) in [5.41, 5.74) is 1.23. The summed E-state index contributed by atoms with van der Waals surface area (Å²) in [5, 5.41) is 3.88. The average molecular weight is 317 g/mol. The van der Waals surface area contributed by atoms with Crippen LogP contribution in [-0.4, -0.2) is 37.3 Å². The van der Waals surface area contributed by atoms with Gasteiger partial charge in [0.05, 0.1) is 6.61 Å². The summed E-state index contributed by atoms with van der Waals surface area (Å²) in [6, 6.07) is 8.23. The lowest BCUT2D eigenvalue weighted by Gasteiger charge is -2.21. The van der Waals surface area contributed by atoms with Crippen LogP contribution in [-0.2, 0) is 11.3 Å². The van der Waals surface area contributed by atoms with Gasteiger partial charge in [0.15, 0.2) is 5.11 Å². The molecular formula is C12H17BrN2OS. The largest absolute Gasteiger partial charge is 0.383 e. The van der Waals surface area contributed by atoms with Crippen molar-refractivity contribution in [3.63, 3.8) is 0 Å². The zero-order valence-electron chi connectivity index (χ0n) is 10.1. The SMILES string of the molecule is COCCNC(=S)N(C)Cc1ccc(Br)cc1. The molecule has 0 heterocycles. The molecule has 0 aliphatic rings. The van der Waals surface area contributed by atoms with Crippen LogP contribution in [0.2, 0.25) is 0 Å². The molecule has 0 radical (unpaired) electrons. The monoisotopic (exact) mass is 316 g/mol. The molecule has 0 bridgehead atoms. The predicted molar refractivity (Wildman–Crippen MR) is 78.1 cm³/mol. The van der Waals surface area contributed by atoms with Crippen LogP contribution in [0.15, 0.2) is 28.7 Å². The van der Waals surface area contributed by atoms with Gasteiger partial charge in [-0.25, -0.2) is 0 Å². The van der Waals surface area contributed by atoms with E-state index in [-0.39, 0.29) is 0 Å². The van der Waals surface area contributed by atoms with E-state index in [4.69, 9.17) is 17.0 Å². The van der Waals surface area contributed by atoms with Gasteiger partial charge in [0.1, 0.15) is 0 Å². The Hall–Kier alpha value is -0.650. The summed E-state index contributed by atoms with van der Waals surface area (Å²) in [5.74, 6) is 0. The number of benzene rings is 1. The fourth-order valence-electron chi connectivity index (χ4n) is 1.33. The van der Waals surface area contributed by atoms with Crippen molar-refractivity contribution in [1.82, 2.24) is 10.2 Å². The third-order valence-electron chi connectivity index (χ3n) is 2.26. The number of rotatable bonds is 5. The van der Waals surface area contributed by atoms with Gasteiger partial charge in [-0.1, -0.05) is 28.1 Å². The summed E-state index contributed by atoms with van der Waals surface area (Å²) in [6.07, 6.45) is 0. The van der Waals surface area contributed by atoms with Crippen LogP contribution in [0, 0.1) is 0 Å². The van der Waals surface area contributed by atoms with Crippen molar-refractivity contribution < 1.29 is 4.74 Å². The molecule has 0 aliphatic carbocycles. The maximum Gasteiger partial charge on any atom is 0.169 e. The average Bonchev–Trinajstić information content (AvgIpc) is 2.32. The normalized spacial score (nSPS) is 10.1. The molecule has 0 aliphatic heterocycles. The van der Waals surface area contributed by atoms with Gasteiger partial charge in [0.25, 0.3) is 0 Å². The number of nitrogens with zero attached hydrogens (tertiary/aromatic N) is 1. The van der Waals surface area contributed by atoms with Crippen LogP contribution in [0.1, 0.15) is 5.56 Å². The minimum atomic E-state index is 0.659. The number of nitrogens with one attached hydrogen (secondary N) is 1. The predicted octanol–water partition coefficient (Wildman–Crippen LogP) is 2.40. The molecule has 94 valence electrons. The van der Waals surface area contributed by atoms with Crippen molar-refractivity contribution in [2.45, 2.75) is 6.54 Å². The lowest BCUT2D eigenvalue weighted by molar-refractivity contribution is 0.203. The van der Waals surface area contributed by atoms with Gasteiger partial charge in [-0.05, 0) is 29.9 Å². The number of hydrogen-bond acceptors (Lipinski definition) is 2. The van der Waals surface area contributed by atoms with E-state index in [1.54, 1.807) is 7.11 Å². The molecule has 0 fully saturated rings. The van der Waals surface area contributed by atoms with Gasteiger partial charge in [0, 0.05) is 31.7 Å². The Morgan fingerprint density at radius 3 is 2.65 bits per heavy atom. The van der Waals surface area contributed by atoms with E-state index in [1.807, 2.05) is 24.1 Å². The van der Waals surface area contributed by atoms with Gasteiger partial charge in [-0.3, -0.25) is 0 Å². The molecule has 0 amide bonds. The van der Waals surface area contributed by atoms with E-state index in [0.717, 1.165) is 22.7 Å². The fourth-order valence-corrected chi connectivity index (χ4v) is 1.76. The molecule has 0 saturated carbocycles. The van der Waals surface area contributed by atoms with Crippen molar-refractivity contribution in [3.05, 3.63) is 34.3 Å². The van der Waals surface area contributed by atoms with Crippen molar-refractivity contribution in [1.29, 1.82) is 0 Å². The molecule has 0 spiro atoms. The zero-order valence-corrected chi connectivity index (χ0v) is 12.5. The van der Waals surface area contributed by atoms with Gasteiger partial charge in [-0.15, -0.1) is 0 Å². The maximum absolute atomic E-state index is 5.26. The first-order valence-electron chi connectivity index (χ1n) is 5.36. The highest BCUT2D eigenvalue weighted by molar-refractivity contribution is 9.10. The van der Waals surface area contributed by atoms with Crippen LogP contribution in [0.3, 0.4) is 0 Å². The maximum atomic E-state index is 5.26. The van der Waals surface area contributed by atoms with Crippen molar-refractivity contribution >= 4 is 33.3 Å². The first kappa shape index (κ1) is 14.4. The molecule has 5 heteroatoms. The Morgan fingerprint density at radius 2 is 2.06 bits per heavy atom. The minimum absolute atomic E-state index is 0.659. The van der Waals surface area contributed by atoms with Crippen molar-refractivity contribution in [2.75, 3.05) is 27.3 Å². The van der Waals surface area contributed by atoms with Crippen LogP contribution in [0.25, 0.3) is 0 Å². The number of hydrogen-bond donors (Lipinski definition) is 1. The summed E-state index contributed by atoms with van der Waals surface area (Å²) in [6.45, 7) is 2.19. The Kier molecular flexibility index (Phi) is 6.47. The van der Waals surface area contributed by atoms with Crippen LogP contribution >= 0.6 is 28.1 Å². The van der Waals surface area contributed by atoms with E-state index in [2.05, 4.69) is 33.4 Å². The summed E-state index contributed by atoms with van der Waals surface area (Å²) in [4.78, 5) is 2.01. The first-order chi connectivity index (χ1) is 8.13.